The van der Waals surface area contributed by atoms with Crippen LogP contribution >= 0.6 is 0 Å². The average molecular weight is 385 g/mol. The van der Waals surface area contributed by atoms with Crippen LogP contribution in [0.4, 0.5) is 0 Å². The number of carbonyl (C=O) groups excluding carboxylic acids is 2. The molecule has 1 aromatic rings. The van der Waals surface area contributed by atoms with Crippen molar-refractivity contribution in [3.05, 3.63) is 35.4 Å². The van der Waals surface area contributed by atoms with E-state index in [1.807, 2.05) is 0 Å². The van der Waals surface area contributed by atoms with Gasteiger partial charge in [-0.15, -0.1) is 0 Å². The summed E-state index contributed by atoms with van der Waals surface area (Å²) in [6.45, 7) is 7.47. The van der Waals surface area contributed by atoms with E-state index in [0.717, 1.165) is 37.2 Å². The Bertz CT molecular complexity index is 714. The van der Waals surface area contributed by atoms with Gasteiger partial charge in [0.15, 0.2) is 0 Å². The average Bonchev–Trinajstić information content (AvgIpc) is 3.19. The summed E-state index contributed by atoms with van der Waals surface area (Å²) in [7, 11) is 0. The van der Waals surface area contributed by atoms with Crippen molar-refractivity contribution in [2.75, 3.05) is 26.2 Å². The van der Waals surface area contributed by atoms with E-state index in [2.05, 4.69) is 53.4 Å². The fraction of sp³-hybridized carbons (Fsp3) is 0.591. The number of amides is 2. The second-order valence-electron chi connectivity index (χ2n) is 7.59. The second kappa shape index (κ2) is 9.82. The highest BCUT2D eigenvalue weighted by molar-refractivity contribution is 6.04. The van der Waals surface area contributed by atoms with Gasteiger partial charge in [-0.3, -0.25) is 14.5 Å². The summed E-state index contributed by atoms with van der Waals surface area (Å²) in [5, 5.41) is 9.04. The molecule has 0 spiro atoms. The Labute approximate surface area is 168 Å². The van der Waals surface area contributed by atoms with Gasteiger partial charge in [-0.25, -0.2) is 5.01 Å². The molecule has 0 saturated carbocycles. The number of carbonyl (C=O) groups is 2. The fourth-order valence-electron chi connectivity index (χ4n) is 3.99. The molecule has 6 heteroatoms. The Morgan fingerprint density at radius 2 is 2.00 bits per heavy atom. The maximum atomic E-state index is 12.3. The number of likely N-dealkylation sites (N-methyl/N-ethyl adjacent to an activating group) is 1. The molecule has 3 rings (SSSR count). The number of hydrazone groups is 1. The van der Waals surface area contributed by atoms with Crippen LogP contribution in [-0.4, -0.2) is 59.7 Å². The molecule has 28 heavy (non-hydrogen) atoms. The largest absolute Gasteiger partial charge is 0.354 e. The normalized spacial score (nSPS) is 20.4. The van der Waals surface area contributed by atoms with Crippen LogP contribution in [0.5, 0.6) is 0 Å². The van der Waals surface area contributed by atoms with E-state index in [9.17, 15) is 9.59 Å². The van der Waals surface area contributed by atoms with Crippen molar-refractivity contribution in [1.29, 1.82) is 0 Å². The van der Waals surface area contributed by atoms with Crippen LogP contribution in [0.3, 0.4) is 0 Å². The van der Waals surface area contributed by atoms with Crippen LogP contribution in [0.1, 0.15) is 57.1 Å². The van der Waals surface area contributed by atoms with Crippen molar-refractivity contribution in [2.24, 2.45) is 5.10 Å². The molecular formula is C22H32N4O2. The van der Waals surface area contributed by atoms with Gasteiger partial charge in [0.25, 0.3) is 0 Å². The van der Waals surface area contributed by atoms with Gasteiger partial charge in [0.2, 0.25) is 11.8 Å². The van der Waals surface area contributed by atoms with Crippen molar-refractivity contribution in [3.63, 3.8) is 0 Å². The molecule has 6 nitrogen and oxygen atoms in total. The summed E-state index contributed by atoms with van der Waals surface area (Å²) < 4.78 is 0. The molecular weight excluding hydrogens is 352 g/mol. The number of benzene rings is 1. The second-order valence-corrected chi connectivity index (χ2v) is 7.59. The smallest absolute Gasteiger partial charge is 0.243 e. The Morgan fingerprint density at radius 1 is 1.21 bits per heavy atom. The van der Waals surface area contributed by atoms with E-state index in [1.54, 1.807) is 0 Å². The highest BCUT2D eigenvalue weighted by Gasteiger charge is 2.24. The SMILES string of the molecule is CCc1ccc(C2=NN(CCC(=O)NC[C@@H]3CCCN3CC)C(=O)CC2)cc1. The molecule has 0 bridgehead atoms. The third kappa shape index (κ3) is 5.19. The molecule has 2 aliphatic rings. The molecule has 2 aliphatic heterocycles. The van der Waals surface area contributed by atoms with Crippen molar-refractivity contribution in [1.82, 2.24) is 15.2 Å². The molecule has 1 fully saturated rings. The van der Waals surface area contributed by atoms with Gasteiger partial charge in [0.1, 0.15) is 0 Å². The molecule has 0 aromatic heterocycles. The Hall–Kier alpha value is -2.21. The van der Waals surface area contributed by atoms with E-state index in [-0.39, 0.29) is 18.2 Å². The van der Waals surface area contributed by atoms with Crippen molar-refractivity contribution in [2.45, 2.75) is 58.4 Å². The topological polar surface area (TPSA) is 65.0 Å². The van der Waals surface area contributed by atoms with Crippen LogP contribution in [0.25, 0.3) is 0 Å². The predicted molar refractivity (Wildman–Crippen MR) is 111 cm³/mol. The number of hydrogen-bond donors (Lipinski definition) is 1. The molecule has 0 unspecified atom stereocenters. The minimum atomic E-state index is -0.00891. The van der Waals surface area contributed by atoms with Gasteiger partial charge < -0.3 is 5.32 Å². The first kappa shape index (κ1) is 20.5. The minimum Gasteiger partial charge on any atom is -0.354 e. The summed E-state index contributed by atoms with van der Waals surface area (Å²) in [5.41, 5.74) is 3.26. The van der Waals surface area contributed by atoms with Crippen LogP contribution in [0.15, 0.2) is 29.4 Å². The number of rotatable bonds is 8. The zero-order valence-corrected chi connectivity index (χ0v) is 17.1. The molecule has 2 amide bonds. The first-order valence-electron chi connectivity index (χ1n) is 10.6. The van der Waals surface area contributed by atoms with Crippen molar-refractivity contribution in [3.8, 4) is 0 Å². The third-order valence-corrected chi connectivity index (χ3v) is 5.79. The summed E-state index contributed by atoms with van der Waals surface area (Å²) in [4.78, 5) is 26.9. The van der Waals surface area contributed by atoms with E-state index in [0.29, 0.717) is 32.0 Å². The number of likely N-dealkylation sites (tertiary alicyclic amines) is 1. The number of aryl methyl sites for hydroxylation is 1. The Morgan fingerprint density at radius 3 is 2.71 bits per heavy atom. The first-order chi connectivity index (χ1) is 13.6. The van der Waals surface area contributed by atoms with Gasteiger partial charge in [-0.05, 0) is 43.5 Å². The molecule has 1 atom stereocenters. The molecule has 0 aliphatic carbocycles. The van der Waals surface area contributed by atoms with Crippen molar-refractivity contribution >= 4 is 17.5 Å². The van der Waals surface area contributed by atoms with Crippen LogP contribution in [-0.2, 0) is 16.0 Å². The number of nitrogens with zero attached hydrogens (tertiary/aromatic N) is 3. The predicted octanol–water partition coefficient (Wildman–Crippen LogP) is 2.57. The molecule has 1 saturated heterocycles. The molecule has 0 radical (unpaired) electrons. The van der Waals surface area contributed by atoms with Gasteiger partial charge in [0.05, 0.1) is 12.3 Å². The summed E-state index contributed by atoms with van der Waals surface area (Å²) >= 11 is 0. The van der Waals surface area contributed by atoms with E-state index in [1.165, 1.54) is 17.0 Å². The zero-order chi connectivity index (χ0) is 19.9. The quantitative estimate of drug-likeness (QED) is 0.749. The van der Waals surface area contributed by atoms with E-state index in [4.69, 9.17) is 0 Å². The van der Waals surface area contributed by atoms with Crippen LogP contribution < -0.4 is 5.32 Å². The van der Waals surface area contributed by atoms with Gasteiger partial charge in [-0.1, -0.05) is 38.1 Å². The lowest BCUT2D eigenvalue weighted by atomic mass is 10.0. The van der Waals surface area contributed by atoms with Crippen LogP contribution in [0, 0.1) is 0 Å². The molecule has 2 heterocycles. The lowest BCUT2D eigenvalue weighted by molar-refractivity contribution is -0.132. The lowest BCUT2D eigenvalue weighted by Crippen LogP contribution is -2.41. The zero-order valence-electron chi connectivity index (χ0n) is 17.1. The van der Waals surface area contributed by atoms with E-state index >= 15 is 0 Å². The maximum absolute atomic E-state index is 12.3. The fourth-order valence-corrected chi connectivity index (χ4v) is 3.99. The third-order valence-electron chi connectivity index (χ3n) is 5.79. The summed E-state index contributed by atoms with van der Waals surface area (Å²) in [5.74, 6) is -0.0138. The number of hydrogen-bond acceptors (Lipinski definition) is 4. The van der Waals surface area contributed by atoms with E-state index < -0.39 is 0 Å². The standard InChI is InChI=1S/C22H32N4O2/c1-3-17-7-9-18(10-8-17)20-11-12-22(28)26(24-20)15-13-21(27)23-16-19-6-5-14-25(19)4-2/h7-10,19H,3-6,11-16H2,1-2H3,(H,23,27)/t19-/m0/s1. The molecule has 152 valence electrons. The van der Waals surface area contributed by atoms with Crippen molar-refractivity contribution < 1.29 is 9.59 Å². The lowest BCUT2D eigenvalue weighted by Gasteiger charge is -2.24. The number of nitrogens with one attached hydrogen (secondary N) is 1. The first-order valence-corrected chi connectivity index (χ1v) is 10.6. The Kier molecular flexibility index (Phi) is 7.20. The maximum Gasteiger partial charge on any atom is 0.243 e. The summed E-state index contributed by atoms with van der Waals surface area (Å²) in [6, 6.07) is 8.80. The monoisotopic (exact) mass is 384 g/mol. The Balaban J connectivity index is 1.51. The van der Waals surface area contributed by atoms with Gasteiger partial charge in [0, 0.05) is 31.8 Å². The highest BCUT2D eigenvalue weighted by Crippen LogP contribution is 2.17. The highest BCUT2D eigenvalue weighted by atomic mass is 16.2. The summed E-state index contributed by atoms with van der Waals surface area (Å²) in [6.07, 6.45) is 4.74. The van der Waals surface area contributed by atoms with Gasteiger partial charge in [-0.2, -0.15) is 5.10 Å². The van der Waals surface area contributed by atoms with Crippen LogP contribution in [0.2, 0.25) is 0 Å². The molecule has 1 aromatic carbocycles. The molecule has 1 N–H and O–H groups in total. The van der Waals surface area contributed by atoms with Gasteiger partial charge >= 0.3 is 0 Å². The minimum absolute atomic E-state index is 0.00493.